The van der Waals surface area contributed by atoms with Crippen molar-refractivity contribution in [3.05, 3.63) is 36.3 Å². The van der Waals surface area contributed by atoms with Crippen LogP contribution in [0.2, 0.25) is 0 Å². The zero-order valence-corrected chi connectivity index (χ0v) is 12.4. The minimum Gasteiger partial charge on any atom is -0.360 e. The molecule has 1 aromatic heterocycles. The second kappa shape index (κ2) is 6.70. The van der Waals surface area contributed by atoms with Crippen molar-refractivity contribution < 1.29 is 4.79 Å². The lowest BCUT2D eigenvalue weighted by molar-refractivity contribution is -0.119. The van der Waals surface area contributed by atoms with E-state index >= 15 is 0 Å². The van der Waals surface area contributed by atoms with Crippen LogP contribution in [-0.2, 0) is 4.79 Å². The van der Waals surface area contributed by atoms with Crippen LogP contribution in [0.1, 0.15) is 25.1 Å². The van der Waals surface area contributed by atoms with Gasteiger partial charge in [0.1, 0.15) is 11.6 Å². The first-order valence-electron chi connectivity index (χ1n) is 7.29. The monoisotopic (exact) mass is 309 g/mol. The summed E-state index contributed by atoms with van der Waals surface area (Å²) in [5.74, 6) is 0.399. The molecule has 1 aliphatic rings. The maximum atomic E-state index is 11.9. The molecule has 0 saturated carbocycles. The number of aromatic nitrogens is 4. The lowest BCUT2D eigenvalue weighted by Gasteiger charge is -2.26. The van der Waals surface area contributed by atoms with Crippen LogP contribution < -0.4 is 10.2 Å². The highest BCUT2D eigenvalue weighted by Gasteiger charge is 2.19. The summed E-state index contributed by atoms with van der Waals surface area (Å²) < 4.78 is 0. The van der Waals surface area contributed by atoms with Crippen molar-refractivity contribution in [2.24, 2.45) is 0 Å². The van der Waals surface area contributed by atoms with Crippen molar-refractivity contribution in [1.82, 2.24) is 20.6 Å². The van der Waals surface area contributed by atoms with Gasteiger partial charge in [0, 0.05) is 30.5 Å². The Hall–Kier alpha value is -3.21. The normalized spacial score (nSPS) is 15.3. The Bertz CT molecular complexity index is 743. The predicted molar refractivity (Wildman–Crippen MR) is 84.0 cm³/mol. The van der Waals surface area contributed by atoms with Crippen molar-refractivity contribution in [2.45, 2.75) is 19.3 Å². The number of piperidine rings is 1. The third-order valence-corrected chi connectivity index (χ3v) is 3.59. The van der Waals surface area contributed by atoms with E-state index in [1.165, 1.54) is 6.20 Å². The first kappa shape index (κ1) is 14.7. The molecule has 2 heterocycles. The predicted octanol–water partition coefficient (Wildman–Crippen LogP) is 1.69. The Morgan fingerprint density at radius 2 is 2.17 bits per heavy atom. The molecule has 0 bridgehead atoms. The standard InChI is InChI=1S/C15H15N7O/c16-9-11(15-18-20-21-19-15)10-17-12-4-6-13(7-5-12)22-8-2-1-3-14(22)23/h4-7,10,17H,1-3,8H2,(H,18,19,20,21). The van der Waals surface area contributed by atoms with E-state index in [9.17, 15) is 4.79 Å². The number of anilines is 2. The zero-order valence-electron chi connectivity index (χ0n) is 12.4. The van der Waals surface area contributed by atoms with Gasteiger partial charge in [-0.05, 0) is 42.3 Å². The number of allylic oxidation sites excluding steroid dienone is 1. The van der Waals surface area contributed by atoms with E-state index in [1.54, 1.807) is 0 Å². The van der Waals surface area contributed by atoms with Crippen LogP contribution in [0.4, 0.5) is 11.4 Å². The van der Waals surface area contributed by atoms with E-state index < -0.39 is 0 Å². The number of carbonyl (C=O) groups excluding carboxylic acids is 1. The van der Waals surface area contributed by atoms with Crippen LogP contribution in [0.15, 0.2) is 30.5 Å². The number of rotatable bonds is 4. The van der Waals surface area contributed by atoms with Gasteiger partial charge >= 0.3 is 0 Å². The molecule has 0 unspecified atom stereocenters. The summed E-state index contributed by atoms with van der Waals surface area (Å²) in [5.41, 5.74) is 1.96. The Kier molecular flexibility index (Phi) is 4.29. The quantitative estimate of drug-likeness (QED) is 0.831. The highest BCUT2D eigenvalue weighted by molar-refractivity contribution is 5.94. The molecule has 8 heteroatoms. The summed E-state index contributed by atoms with van der Waals surface area (Å²) in [7, 11) is 0. The summed E-state index contributed by atoms with van der Waals surface area (Å²) in [6.07, 6.45) is 4.13. The number of nitriles is 1. The highest BCUT2D eigenvalue weighted by Crippen LogP contribution is 2.23. The van der Waals surface area contributed by atoms with Crippen LogP contribution in [-0.4, -0.2) is 33.1 Å². The molecular weight excluding hydrogens is 294 g/mol. The van der Waals surface area contributed by atoms with E-state index in [0.717, 1.165) is 30.8 Å². The Labute approximate surface area is 132 Å². The summed E-state index contributed by atoms with van der Waals surface area (Å²) >= 11 is 0. The number of H-pyrrole nitrogens is 1. The van der Waals surface area contributed by atoms with Gasteiger partial charge in [0.15, 0.2) is 0 Å². The molecular formula is C15H15N7O. The van der Waals surface area contributed by atoms with E-state index in [1.807, 2.05) is 35.2 Å². The molecule has 1 aliphatic heterocycles. The summed E-state index contributed by atoms with van der Waals surface area (Å²) in [4.78, 5) is 13.7. The smallest absolute Gasteiger partial charge is 0.226 e. The van der Waals surface area contributed by atoms with Crippen molar-refractivity contribution >= 4 is 22.9 Å². The van der Waals surface area contributed by atoms with Gasteiger partial charge in [-0.3, -0.25) is 4.79 Å². The molecule has 0 atom stereocenters. The van der Waals surface area contributed by atoms with Gasteiger partial charge in [-0.15, -0.1) is 10.2 Å². The number of aromatic amines is 1. The fraction of sp³-hybridized carbons (Fsp3) is 0.267. The highest BCUT2D eigenvalue weighted by atomic mass is 16.2. The van der Waals surface area contributed by atoms with Crippen molar-refractivity contribution in [3.63, 3.8) is 0 Å². The van der Waals surface area contributed by atoms with Crippen LogP contribution >= 0.6 is 0 Å². The second-order valence-electron chi connectivity index (χ2n) is 5.10. The van der Waals surface area contributed by atoms with Crippen LogP contribution in [0, 0.1) is 11.3 Å². The third kappa shape index (κ3) is 3.35. The largest absolute Gasteiger partial charge is 0.360 e. The van der Waals surface area contributed by atoms with Gasteiger partial charge in [0.2, 0.25) is 11.7 Å². The van der Waals surface area contributed by atoms with E-state index in [4.69, 9.17) is 5.26 Å². The SMILES string of the molecule is N#CC(=CNc1ccc(N2CCCCC2=O)cc1)c1nn[nH]n1. The maximum Gasteiger partial charge on any atom is 0.226 e. The minimum absolute atomic E-state index is 0.167. The molecule has 2 N–H and O–H groups in total. The molecule has 23 heavy (non-hydrogen) atoms. The molecule has 0 aliphatic carbocycles. The third-order valence-electron chi connectivity index (χ3n) is 3.59. The van der Waals surface area contributed by atoms with E-state index in [0.29, 0.717) is 6.42 Å². The molecule has 1 aromatic carbocycles. The van der Waals surface area contributed by atoms with Crippen LogP contribution in [0.25, 0.3) is 5.57 Å². The molecule has 1 fully saturated rings. The lowest BCUT2D eigenvalue weighted by Crippen LogP contribution is -2.35. The molecule has 0 spiro atoms. The summed E-state index contributed by atoms with van der Waals surface area (Å²) in [6, 6.07) is 9.50. The maximum absolute atomic E-state index is 11.9. The second-order valence-corrected chi connectivity index (χ2v) is 5.10. The van der Waals surface area contributed by atoms with Gasteiger partial charge in [0.25, 0.3) is 0 Å². The van der Waals surface area contributed by atoms with Gasteiger partial charge in [0.05, 0.1) is 0 Å². The Morgan fingerprint density at radius 1 is 1.35 bits per heavy atom. The summed E-state index contributed by atoms with van der Waals surface area (Å²) in [5, 5.41) is 25.4. The van der Waals surface area contributed by atoms with Crippen molar-refractivity contribution in [3.8, 4) is 6.07 Å². The molecule has 8 nitrogen and oxygen atoms in total. The lowest BCUT2D eigenvalue weighted by atomic mass is 10.1. The van der Waals surface area contributed by atoms with Crippen molar-refractivity contribution in [1.29, 1.82) is 5.26 Å². The zero-order chi connectivity index (χ0) is 16.1. The molecule has 1 saturated heterocycles. The average Bonchev–Trinajstić information content (AvgIpc) is 3.11. The first-order chi connectivity index (χ1) is 11.3. The Morgan fingerprint density at radius 3 is 2.83 bits per heavy atom. The number of hydrogen-bond acceptors (Lipinski definition) is 6. The molecule has 1 amide bonds. The first-order valence-corrected chi connectivity index (χ1v) is 7.29. The van der Waals surface area contributed by atoms with E-state index in [-0.39, 0.29) is 17.3 Å². The summed E-state index contributed by atoms with van der Waals surface area (Å²) in [6.45, 7) is 0.766. The van der Waals surface area contributed by atoms with E-state index in [2.05, 4.69) is 25.9 Å². The number of benzene rings is 1. The molecule has 0 radical (unpaired) electrons. The molecule has 2 aromatic rings. The van der Waals surface area contributed by atoms with Gasteiger partial charge in [-0.2, -0.15) is 10.5 Å². The van der Waals surface area contributed by atoms with Crippen molar-refractivity contribution in [2.75, 3.05) is 16.8 Å². The number of nitrogens with one attached hydrogen (secondary N) is 2. The number of hydrogen-bond donors (Lipinski definition) is 2. The number of tetrazole rings is 1. The molecule has 116 valence electrons. The van der Waals surface area contributed by atoms with Crippen LogP contribution in [0.5, 0.6) is 0 Å². The van der Waals surface area contributed by atoms with Gasteiger partial charge in [-0.25, -0.2) is 0 Å². The Balaban J connectivity index is 1.70. The molecule has 3 rings (SSSR count). The van der Waals surface area contributed by atoms with Gasteiger partial charge < -0.3 is 10.2 Å². The average molecular weight is 309 g/mol. The minimum atomic E-state index is 0.167. The number of carbonyl (C=O) groups is 1. The fourth-order valence-corrected chi connectivity index (χ4v) is 2.39. The fourth-order valence-electron chi connectivity index (χ4n) is 2.39. The number of amides is 1. The number of nitrogens with zero attached hydrogens (tertiary/aromatic N) is 5. The topological polar surface area (TPSA) is 111 Å². The van der Waals surface area contributed by atoms with Crippen LogP contribution in [0.3, 0.4) is 0 Å². The van der Waals surface area contributed by atoms with Gasteiger partial charge in [-0.1, -0.05) is 0 Å².